The van der Waals surface area contributed by atoms with Crippen LogP contribution in [-0.2, 0) is 14.3 Å². The second kappa shape index (κ2) is 8.04. The molecule has 0 heterocycles. The molecule has 1 aromatic carbocycles. The molecule has 0 aromatic heterocycles. The maximum atomic E-state index is 12.6. The van der Waals surface area contributed by atoms with Gasteiger partial charge in [-0.2, -0.15) is 0 Å². The normalized spacial score (nSPS) is 40.3. The van der Waals surface area contributed by atoms with E-state index in [1.807, 2.05) is 30.3 Å². The summed E-state index contributed by atoms with van der Waals surface area (Å²) in [5.74, 6) is 1.65. The Morgan fingerprint density at radius 3 is 2.47 bits per heavy atom. The zero-order chi connectivity index (χ0) is 22.5. The van der Waals surface area contributed by atoms with Crippen molar-refractivity contribution in [2.45, 2.75) is 84.3 Å². The minimum absolute atomic E-state index is 0.0211. The van der Waals surface area contributed by atoms with Gasteiger partial charge in [0.15, 0.2) is 0 Å². The summed E-state index contributed by atoms with van der Waals surface area (Å²) >= 11 is 0. The zero-order valence-electron chi connectivity index (χ0n) is 19.6. The van der Waals surface area contributed by atoms with Crippen molar-refractivity contribution in [2.75, 3.05) is 0 Å². The van der Waals surface area contributed by atoms with E-state index in [4.69, 9.17) is 9.47 Å². The molecule has 0 amide bonds. The summed E-state index contributed by atoms with van der Waals surface area (Å²) in [6, 6.07) is 9.32. The summed E-state index contributed by atoms with van der Waals surface area (Å²) in [7, 11) is 0. The molecule has 5 rings (SSSR count). The Balaban J connectivity index is 1.31. The minimum atomic E-state index is -0.204. The second-order valence-electron chi connectivity index (χ2n) is 11.1. The Morgan fingerprint density at radius 1 is 0.938 bits per heavy atom. The van der Waals surface area contributed by atoms with Crippen molar-refractivity contribution < 1.29 is 19.1 Å². The maximum Gasteiger partial charge on any atom is 0.338 e. The zero-order valence-corrected chi connectivity index (χ0v) is 19.6. The predicted molar refractivity (Wildman–Crippen MR) is 123 cm³/mol. The third-order valence-electron chi connectivity index (χ3n) is 9.56. The lowest BCUT2D eigenvalue weighted by Gasteiger charge is -2.57. The van der Waals surface area contributed by atoms with Crippen molar-refractivity contribution >= 4 is 11.9 Å². The lowest BCUT2D eigenvalue weighted by atomic mass is 9.48. The molecule has 3 saturated carbocycles. The van der Waals surface area contributed by atoms with Crippen molar-refractivity contribution in [3.63, 3.8) is 0 Å². The third-order valence-corrected chi connectivity index (χ3v) is 9.56. The molecule has 172 valence electrons. The number of carbonyl (C=O) groups is 2. The molecule has 3 fully saturated rings. The van der Waals surface area contributed by atoms with E-state index in [1.165, 1.54) is 18.4 Å². The number of hydrogen-bond acceptors (Lipinski definition) is 4. The predicted octanol–water partition coefficient (Wildman–Crippen LogP) is 6.11. The fourth-order valence-electron chi connectivity index (χ4n) is 7.87. The molecule has 4 nitrogen and oxygen atoms in total. The van der Waals surface area contributed by atoms with Crippen LogP contribution in [0.5, 0.6) is 0 Å². The number of ether oxygens (including phenoxy) is 2. The van der Waals surface area contributed by atoms with Gasteiger partial charge in [0, 0.05) is 18.8 Å². The molecule has 4 aliphatic carbocycles. The SMILES string of the molecule is CC(=O)OC1CC[C@H]2[C@@H]3CC=C4CC(OC(=O)c5ccccc5)CC[C@]4(C)[C@@H]3CC[C@]12C. The summed E-state index contributed by atoms with van der Waals surface area (Å²) in [5, 5.41) is 0. The molecule has 32 heavy (non-hydrogen) atoms. The van der Waals surface area contributed by atoms with Crippen LogP contribution in [0.3, 0.4) is 0 Å². The van der Waals surface area contributed by atoms with Crippen LogP contribution in [0.4, 0.5) is 0 Å². The Bertz CT molecular complexity index is 921. The van der Waals surface area contributed by atoms with Gasteiger partial charge in [-0.05, 0) is 80.2 Å². The van der Waals surface area contributed by atoms with Gasteiger partial charge in [-0.15, -0.1) is 0 Å². The third kappa shape index (κ3) is 3.50. The lowest BCUT2D eigenvalue weighted by Crippen LogP contribution is -2.51. The Hall–Kier alpha value is -2.10. The molecular formula is C28H36O4. The van der Waals surface area contributed by atoms with Gasteiger partial charge in [0.2, 0.25) is 0 Å². The Kier molecular flexibility index (Phi) is 5.46. The van der Waals surface area contributed by atoms with E-state index in [0.29, 0.717) is 23.3 Å². The highest BCUT2D eigenvalue weighted by atomic mass is 16.5. The Morgan fingerprint density at radius 2 is 1.72 bits per heavy atom. The van der Waals surface area contributed by atoms with Crippen LogP contribution in [0.15, 0.2) is 42.0 Å². The summed E-state index contributed by atoms with van der Waals surface area (Å²) in [5.41, 5.74) is 2.47. The standard InChI is InChI=1S/C28H36O4/c1-18(29)31-25-12-11-23-22-10-9-20-17-21(32-26(30)19-7-5-4-6-8-19)13-15-27(20,2)24(22)14-16-28(23,25)3/h4-9,21-25H,10-17H2,1-3H3/t21?,22-,23-,24+,25?,27-,28-/m0/s1. The number of allylic oxidation sites excluding steroid dienone is 1. The number of carbonyl (C=O) groups excluding carboxylic acids is 2. The first-order valence-corrected chi connectivity index (χ1v) is 12.4. The van der Waals surface area contributed by atoms with Crippen LogP contribution in [0.25, 0.3) is 0 Å². The van der Waals surface area contributed by atoms with Crippen LogP contribution in [0, 0.1) is 28.6 Å². The highest BCUT2D eigenvalue weighted by Crippen LogP contribution is 2.65. The van der Waals surface area contributed by atoms with Gasteiger partial charge in [-0.25, -0.2) is 4.79 Å². The van der Waals surface area contributed by atoms with E-state index in [2.05, 4.69) is 19.9 Å². The van der Waals surface area contributed by atoms with Crippen molar-refractivity contribution in [3.05, 3.63) is 47.5 Å². The highest BCUT2D eigenvalue weighted by Gasteiger charge is 2.59. The molecule has 0 bridgehead atoms. The number of hydrogen-bond donors (Lipinski definition) is 0. The molecule has 4 heteroatoms. The van der Waals surface area contributed by atoms with Gasteiger partial charge in [-0.3, -0.25) is 4.79 Å². The fraction of sp³-hybridized carbons (Fsp3) is 0.643. The van der Waals surface area contributed by atoms with E-state index in [9.17, 15) is 9.59 Å². The smallest absolute Gasteiger partial charge is 0.338 e. The summed E-state index contributed by atoms with van der Waals surface area (Å²) in [4.78, 5) is 24.2. The van der Waals surface area contributed by atoms with Gasteiger partial charge in [0.25, 0.3) is 0 Å². The van der Waals surface area contributed by atoms with Crippen LogP contribution < -0.4 is 0 Å². The number of fused-ring (bicyclic) bond motifs is 5. The first-order valence-electron chi connectivity index (χ1n) is 12.4. The van der Waals surface area contributed by atoms with Crippen molar-refractivity contribution in [2.24, 2.45) is 28.6 Å². The number of esters is 2. The van der Waals surface area contributed by atoms with E-state index in [1.54, 1.807) is 6.92 Å². The lowest BCUT2D eigenvalue weighted by molar-refractivity contribution is -0.156. The van der Waals surface area contributed by atoms with Crippen LogP contribution in [-0.4, -0.2) is 24.1 Å². The topological polar surface area (TPSA) is 52.6 Å². The molecule has 0 spiro atoms. The molecule has 0 saturated heterocycles. The van der Waals surface area contributed by atoms with Gasteiger partial charge < -0.3 is 9.47 Å². The van der Waals surface area contributed by atoms with Crippen LogP contribution in [0.1, 0.15) is 82.5 Å². The average Bonchev–Trinajstić information content (AvgIpc) is 3.10. The molecule has 4 aliphatic rings. The fourth-order valence-corrected chi connectivity index (χ4v) is 7.87. The van der Waals surface area contributed by atoms with Gasteiger partial charge >= 0.3 is 11.9 Å². The molecule has 7 atom stereocenters. The molecule has 1 aromatic rings. The molecule has 0 N–H and O–H groups in total. The van der Waals surface area contributed by atoms with Gasteiger partial charge in [0.1, 0.15) is 12.2 Å². The molecular weight excluding hydrogens is 400 g/mol. The Labute approximate surface area is 191 Å². The van der Waals surface area contributed by atoms with Gasteiger partial charge in [-0.1, -0.05) is 43.7 Å². The quantitative estimate of drug-likeness (QED) is 0.424. The van der Waals surface area contributed by atoms with Crippen molar-refractivity contribution in [1.29, 1.82) is 0 Å². The second-order valence-corrected chi connectivity index (χ2v) is 11.1. The number of benzene rings is 1. The minimum Gasteiger partial charge on any atom is -0.462 e. The largest absolute Gasteiger partial charge is 0.462 e. The summed E-state index contributed by atoms with van der Waals surface area (Å²) in [6.45, 7) is 6.38. The van der Waals surface area contributed by atoms with E-state index in [0.717, 1.165) is 38.5 Å². The van der Waals surface area contributed by atoms with Crippen molar-refractivity contribution in [3.8, 4) is 0 Å². The highest BCUT2D eigenvalue weighted by molar-refractivity contribution is 5.89. The molecule has 0 aliphatic heterocycles. The first-order chi connectivity index (χ1) is 15.3. The molecule has 0 radical (unpaired) electrons. The monoisotopic (exact) mass is 436 g/mol. The van der Waals surface area contributed by atoms with Crippen molar-refractivity contribution in [1.82, 2.24) is 0 Å². The summed E-state index contributed by atoms with van der Waals surface area (Å²) < 4.78 is 11.7. The molecule has 2 unspecified atom stereocenters. The van der Waals surface area contributed by atoms with Gasteiger partial charge in [0.05, 0.1) is 5.56 Å². The first kappa shape index (κ1) is 21.7. The van der Waals surface area contributed by atoms with Crippen LogP contribution in [0.2, 0.25) is 0 Å². The van der Waals surface area contributed by atoms with E-state index >= 15 is 0 Å². The summed E-state index contributed by atoms with van der Waals surface area (Å²) in [6.07, 6.45) is 11.1. The maximum absolute atomic E-state index is 12.6. The average molecular weight is 437 g/mol. The van der Waals surface area contributed by atoms with Crippen LogP contribution >= 0.6 is 0 Å². The van der Waals surface area contributed by atoms with E-state index < -0.39 is 0 Å². The number of rotatable bonds is 3. The van der Waals surface area contributed by atoms with E-state index in [-0.39, 0.29) is 35.0 Å².